The maximum Gasteiger partial charge on any atom is 0.243 e. The smallest absolute Gasteiger partial charge is 0.243 e. The number of halogens is 1. The molecule has 2 rings (SSSR count). The molecule has 0 aromatic heterocycles. The van der Waals surface area contributed by atoms with Gasteiger partial charge in [0.2, 0.25) is 11.8 Å². The number of amides is 2. The highest BCUT2D eigenvalue weighted by molar-refractivity contribution is 5.87. The van der Waals surface area contributed by atoms with Gasteiger partial charge < -0.3 is 10.2 Å². The molecule has 2 aromatic rings. The standard InChI is InChI=1S/C25H33FN2O2/c1-5-19(4)27-25(30)23(6-2)28(17-21-11-14-22(26)15-12-21)24(29)16-13-20-9-7-18(3)8-10-20/h7-12,14-15,19,23H,5-6,13,16-17H2,1-4H3,(H,27,30)/t19-,23-/m1/s1. The largest absolute Gasteiger partial charge is 0.352 e. The molecule has 0 heterocycles. The number of nitrogens with one attached hydrogen (secondary N) is 1. The van der Waals surface area contributed by atoms with Crippen LogP contribution < -0.4 is 5.32 Å². The quantitative estimate of drug-likeness (QED) is 0.610. The summed E-state index contributed by atoms with van der Waals surface area (Å²) in [6.45, 7) is 8.18. The van der Waals surface area contributed by atoms with Crippen molar-refractivity contribution in [2.45, 2.75) is 72.0 Å². The van der Waals surface area contributed by atoms with Gasteiger partial charge in [0.1, 0.15) is 11.9 Å². The highest BCUT2D eigenvalue weighted by Gasteiger charge is 2.29. The summed E-state index contributed by atoms with van der Waals surface area (Å²) in [6, 6.07) is 13.7. The zero-order valence-electron chi connectivity index (χ0n) is 18.5. The van der Waals surface area contributed by atoms with Crippen LogP contribution in [0.3, 0.4) is 0 Å². The van der Waals surface area contributed by atoms with E-state index >= 15 is 0 Å². The molecule has 4 nitrogen and oxygen atoms in total. The molecule has 2 amide bonds. The Hall–Kier alpha value is -2.69. The van der Waals surface area contributed by atoms with Gasteiger partial charge in [-0.2, -0.15) is 0 Å². The van der Waals surface area contributed by atoms with E-state index in [0.717, 1.165) is 17.5 Å². The predicted molar refractivity (Wildman–Crippen MR) is 118 cm³/mol. The van der Waals surface area contributed by atoms with Gasteiger partial charge in [0.15, 0.2) is 0 Å². The van der Waals surface area contributed by atoms with Crippen LogP contribution in [0.4, 0.5) is 4.39 Å². The summed E-state index contributed by atoms with van der Waals surface area (Å²) in [4.78, 5) is 27.7. The lowest BCUT2D eigenvalue weighted by Gasteiger charge is -2.31. The number of hydrogen-bond donors (Lipinski definition) is 1. The molecule has 2 atom stereocenters. The van der Waals surface area contributed by atoms with Crippen LogP contribution in [-0.4, -0.2) is 28.8 Å². The zero-order chi connectivity index (χ0) is 22.1. The summed E-state index contributed by atoms with van der Waals surface area (Å²) in [5.74, 6) is -0.541. The van der Waals surface area contributed by atoms with E-state index in [1.54, 1.807) is 17.0 Å². The summed E-state index contributed by atoms with van der Waals surface area (Å²) >= 11 is 0. The molecule has 0 aliphatic carbocycles. The normalized spacial score (nSPS) is 12.8. The minimum atomic E-state index is -0.561. The van der Waals surface area contributed by atoms with Crippen LogP contribution in [0.15, 0.2) is 48.5 Å². The van der Waals surface area contributed by atoms with Gasteiger partial charge in [0.25, 0.3) is 0 Å². The average molecular weight is 413 g/mol. The number of hydrogen-bond acceptors (Lipinski definition) is 2. The second kappa shape index (κ2) is 11.5. The Bertz CT molecular complexity index is 818. The Balaban J connectivity index is 2.19. The first-order valence-electron chi connectivity index (χ1n) is 10.7. The van der Waals surface area contributed by atoms with Gasteiger partial charge in [0, 0.05) is 19.0 Å². The Labute approximate surface area is 179 Å². The minimum absolute atomic E-state index is 0.0434. The van der Waals surface area contributed by atoms with E-state index in [2.05, 4.69) is 5.32 Å². The average Bonchev–Trinajstić information content (AvgIpc) is 2.74. The number of carbonyl (C=O) groups is 2. The summed E-state index contributed by atoms with van der Waals surface area (Å²) in [5, 5.41) is 3.00. The monoisotopic (exact) mass is 412 g/mol. The summed E-state index contributed by atoms with van der Waals surface area (Å²) in [6.07, 6.45) is 2.26. The predicted octanol–water partition coefficient (Wildman–Crippen LogP) is 4.79. The molecule has 0 aliphatic rings. The molecule has 0 fully saturated rings. The molecule has 0 saturated carbocycles. The maximum atomic E-state index is 13.3. The second-order valence-corrected chi connectivity index (χ2v) is 7.88. The van der Waals surface area contributed by atoms with Crippen LogP contribution in [-0.2, 0) is 22.6 Å². The molecule has 0 aliphatic heterocycles. The Kier molecular flexibility index (Phi) is 9.03. The number of rotatable bonds is 10. The van der Waals surface area contributed by atoms with Gasteiger partial charge in [-0.25, -0.2) is 4.39 Å². The van der Waals surface area contributed by atoms with Crippen molar-refractivity contribution in [2.75, 3.05) is 0 Å². The minimum Gasteiger partial charge on any atom is -0.352 e. The van der Waals surface area contributed by atoms with Crippen molar-refractivity contribution < 1.29 is 14.0 Å². The molecular formula is C25H33FN2O2. The second-order valence-electron chi connectivity index (χ2n) is 7.88. The van der Waals surface area contributed by atoms with Gasteiger partial charge in [-0.3, -0.25) is 9.59 Å². The van der Waals surface area contributed by atoms with Crippen LogP contribution in [0.25, 0.3) is 0 Å². The third-order valence-electron chi connectivity index (χ3n) is 5.40. The molecule has 162 valence electrons. The molecule has 30 heavy (non-hydrogen) atoms. The third-order valence-corrected chi connectivity index (χ3v) is 5.40. The number of nitrogens with zero attached hydrogens (tertiary/aromatic N) is 1. The third kappa shape index (κ3) is 6.97. The van der Waals surface area contributed by atoms with E-state index < -0.39 is 6.04 Å². The van der Waals surface area contributed by atoms with Crippen LogP contribution >= 0.6 is 0 Å². The molecule has 5 heteroatoms. The summed E-state index contributed by atoms with van der Waals surface area (Å²) in [5.41, 5.74) is 3.07. The van der Waals surface area contributed by atoms with Gasteiger partial charge >= 0.3 is 0 Å². The first-order chi connectivity index (χ1) is 14.3. The number of aryl methyl sites for hydroxylation is 2. The van der Waals surface area contributed by atoms with Crippen LogP contribution in [0.2, 0.25) is 0 Å². The fourth-order valence-corrected chi connectivity index (χ4v) is 3.30. The lowest BCUT2D eigenvalue weighted by molar-refractivity contribution is -0.141. The number of benzene rings is 2. The molecule has 0 saturated heterocycles. The molecule has 0 spiro atoms. The van der Waals surface area contributed by atoms with Gasteiger partial charge in [-0.05, 0) is 56.4 Å². The van der Waals surface area contributed by atoms with Crippen molar-refractivity contribution in [3.63, 3.8) is 0 Å². The summed E-state index contributed by atoms with van der Waals surface area (Å²) in [7, 11) is 0. The van der Waals surface area contributed by atoms with Crippen molar-refractivity contribution in [3.8, 4) is 0 Å². The van der Waals surface area contributed by atoms with E-state index in [-0.39, 0.29) is 30.2 Å². The fraction of sp³-hybridized carbons (Fsp3) is 0.440. The Morgan fingerprint density at radius 2 is 1.57 bits per heavy atom. The molecule has 0 bridgehead atoms. The van der Waals surface area contributed by atoms with Crippen LogP contribution in [0, 0.1) is 12.7 Å². The van der Waals surface area contributed by atoms with Crippen molar-refractivity contribution in [1.29, 1.82) is 0 Å². The Morgan fingerprint density at radius 1 is 0.967 bits per heavy atom. The van der Waals surface area contributed by atoms with E-state index in [0.29, 0.717) is 19.3 Å². The zero-order valence-corrected chi connectivity index (χ0v) is 18.5. The molecule has 0 unspecified atom stereocenters. The summed E-state index contributed by atoms with van der Waals surface area (Å²) < 4.78 is 13.3. The van der Waals surface area contributed by atoms with Crippen molar-refractivity contribution in [1.82, 2.24) is 10.2 Å². The van der Waals surface area contributed by atoms with E-state index in [9.17, 15) is 14.0 Å². The van der Waals surface area contributed by atoms with Gasteiger partial charge in [-0.1, -0.05) is 55.8 Å². The molecule has 1 N–H and O–H groups in total. The highest BCUT2D eigenvalue weighted by atomic mass is 19.1. The lowest BCUT2D eigenvalue weighted by Crippen LogP contribution is -2.50. The van der Waals surface area contributed by atoms with Crippen LogP contribution in [0.5, 0.6) is 0 Å². The molecular weight excluding hydrogens is 379 g/mol. The molecule has 0 radical (unpaired) electrons. The van der Waals surface area contributed by atoms with Crippen molar-refractivity contribution in [2.24, 2.45) is 0 Å². The number of carbonyl (C=O) groups excluding carboxylic acids is 2. The van der Waals surface area contributed by atoms with Gasteiger partial charge in [0.05, 0.1) is 0 Å². The van der Waals surface area contributed by atoms with E-state index in [4.69, 9.17) is 0 Å². The maximum absolute atomic E-state index is 13.3. The first kappa shape index (κ1) is 23.6. The van der Waals surface area contributed by atoms with Gasteiger partial charge in [-0.15, -0.1) is 0 Å². The highest BCUT2D eigenvalue weighted by Crippen LogP contribution is 2.16. The first-order valence-corrected chi connectivity index (χ1v) is 10.7. The van der Waals surface area contributed by atoms with Crippen molar-refractivity contribution in [3.05, 3.63) is 71.0 Å². The lowest BCUT2D eigenvalue weighted by atomic mass is 10.0. The fourth-order valence-electron chi connectivity index (χ4n) is 3.30. The van der Waals surface area contributed by atoms with Crippen LogP contribution in [0.1, 0.15) is 56.7 Å². The van der Waals surface area contributed by atoms with E-state index in [1.807, 2.05) is 52.0 Å². The topological polar surface area (TPSA) is 49.4 Å². The molecule has 2 aromatic carbocycles. The van der Waals surface area contributed by atoms with E-state index in [1.165, 1.54) is 17.7 Å². The SMILES string of the molecule is CC[C@@H](C)NC(=O)[C@@H](CC)N(Cc1ccc(F)cc1)C(=O)CCc1ccc(C)cc1. The van der Waals surface area contributed by atoms with Crippen molar-refractivity contribution >= 4 is 11.8 Å². The Morgan fingerprint density at radius 3 is 2.13 bits per heavy atom.